The molecule has 0 rings (SSSR count). The van der Waals surface area contributed by atoms with E-state index in [1.807, 2.05) is 0 Å². The minimum atomic E-state index is -7.99. The quantitative estimate of drug-likeness (QED) is 0.233. The first-order valence-corrected chi connectivity index (χ1v) is 8.39. The molecule has 0 aliphatic heterocycles. The maximum atomic E-state index is 14.1. The van der Waals surface area contributed by atoms with Gasteiger partial charge >= 0.3 is 41.8 Å². The summed E-state index contributed by atoms with van der Waals surface area (Å²) in [7, 11) is 0. The first-order chi connectivity index (χ1) is 13.8. The molecule has 0 fully saturated rings. The molecule has 0 aliphatic carbocycles. The Kier molecular flexibility index (Phi) is 8.35. The number of aliphatic carboxylic acids is 1. The normalized spacial score (nSPS) is 17.1. The van der Waals surface area contributed by atoms with Gasteiger partial charge in [-0.1, -0.05) is 25.2 Å². The second-order valence-corrected chi connectivity index (χ2v) is 7.03. The van der Waals surface area contributed by atoms with Crippen molar-refractivity contribution in [3.05, 3.63) is 11.6 Å². The second-order valence-electron chi connectivity index (χ2n) is 6.59. The van der Waals surface area contributed by atoms with Gasteiger partial charge in [-0.05, 0) is 13.8 Å². The van der Waals surface area contributed by atoms with Gasteiger partial charge in [0.1, 0.15) is 0 Å². The third-order valence-corrected chi connectivity index (χ3v) is 4.57. The number of hydrogen-bond acceptors (Lipinski definition) is 2. The molecule has 17 heteroatoms. The highest BCUT2D eigenvalue weighted by Crippen LogP contribution is 2.61. The first-order valence-electron chi connectivity index (χ1n) is 7.98. The van der Waals surface area contributed by atoms with Gasteiger partial charge in [0.15, 0.2) is 0 Å². The number of alkyl halides is 13. The fourth-order valence-electron chi connectivity index (χ4n) is 2.06. The molecule has 0 heterocycles. The van der Waals surface area contributed by atoms with Crippen LogP contribution in [0.1, 0.15) is 20.8 Å². The van der Waals surface area contributed by atoms with Crippen LogP contribution in [0.5, 0.6) is 0 Å². The molecule has 0 aliphatic rings. The molecule has 0 bridgehead atoms. The van der Waals surface area contributed by atoms with Crippen molar-refractivity contribution in [3.8, 4) is 0 Å². The Morgan fingerprint density at radius 2 is 1.19 bits per heavy atom. The second kappa shape index (κ2) is 8.85. The van der Waals surface area contributed by atoms with E-state index in [1.165, 1.54) is 0 Å². The van der Waals surface area contributed by atoms with Crippen LogP contribution in [0.25, 0.3) is 0 Å². The maximum Gasteiger partial charge on any atom is 0.460 e. The van der Waals surface area contributed by atoms with Crippen molar-refractivity contribution in [1.29, 1.82) is 0 Å². The minimum absolute atomic E-state index is 0.0140. The summed E-state index contributed by atoms with van der Waals surface area (Å²) in [5.41, 5.74) is -0.418. The maximum absolute atomic E-state index is 14.1. The molecule has 3 nitrogen and oxygen atoms in total. The van der Waals surface area contributed by atoms with E-state index in [9.17, 15) is 61.9 Å². The molecular weight excluding hydrogens is 505 g/mol. The molecule has 2 unspecified atom stereocenters. The lowest BCUT2D eigenvalue weighted by Crippen LogP contribution is -2.71. The Balaban J connectivity index is 6.15. The summed E-state index contributed by atoms with van der Waals surface area (Å²) in [6.45, 7) is 2.01. The van der Waals surface area contributed by atoms with Gasteiger partial charge in [-0.15, -0.1) is 0 Å². The zero-order valence-corrected chi connectivity index (χ0v) is 16.7. The molecule has 0 spiro atoms. The van der Waals surface area contributed by atoms with E-state index in [4.69, 9.17) is 5.11 Å². The van der Waals surface area contributed by atoms with Crippen molar-refractivity contribution < 1.29 is 67.0 Å². The van der Waals surface area contributed by atoms with Gasteiger partial charge in [0.25, 0.3) is 0 Å². The van der Waals surface area contributed by atoms with Gasteiger partial charge in [-0.2, -0.15) is 57.1 Å². The van der Waals surface area contributed by atoms with Gasteiger partial charge in [0, 0.05) is 11.6 Å². The Bertz CT molecular complexity index is 761. The third-order valence-electron chi connectivity index (χ3n) is 4.10. The number of halogens is 13. The van der Waals surface area contributed by atoms with Crippen molar-refractivity contribution in [2.75, 3.05) is 0 Å². The number of thiocarbonyl (C=S) groups is 1. The topological polar surface area (TPSA) is 49.3 Å². The molecule has 2 N–H and O–H groups in total. The summed E-state index contributed by atoms with van der Waals surface area (Å²) < 4.78 is 171. The predicted octanol–water partition coefficient (Wildman–Crippen LogP) is 5.70. The van der Waals surface area contributed by atoms with Crippen molar-refractivity contribution >= 4 is 23.2 Å². The molecule has 0 saturated heterocycles. The summed E-state index contributed by atoms with van der Waals surface area (Å²) >= 11 is 4.28. The standard InChI is InChI=1S/C15H14F13NO2S/c1-5(9(30)31)4-6(2)29-8(32)7(3)10(16,17)11(18,19)12(20,21)13(22,23)14(24,25)15(26,27)28/h4,6-7H,1-3H3,(H,29,32)(H,30,31). The average Bonchev–Trinajstić information content (AvgIpc) is 2.58. The zero-order chi connectivity index (χ0) is 26.3. The summed E-state index contributed by atoms with van der Waals surface area (Å²) in [4.78, 5) is 9.23. The third kappa shape index (κ3) is 4.90. The van der Waals surface area contributed by atoms with Gasteiger partial charge in [-0.3, -0.25) is 0 Å². The molecule has 2 atom stereocenters. The van der Waals surface area contributed by atoms with Crippen molar-refractivity contribution in [2.24, 2.45) is 5.92 Å². The lowest BCUT2D eigenvalue weighted by atomic mass is 9.88. The summed E-state index contributed by atoms with van der Waals surface area (Å²) in [6.07, 6.45) is -6.69. The largest absolute Gasteiger partial charge is 0.478 e. The SMILES string of the molecule is CC(=CC(C)NC(=S)C(C)C(F)(F)C(F)(F)C(F)(F)C(F)(F)C(F)(F)C(F)(F)F)C(=O)O. The van der Waals surface area contributed by atoms with Crippen LogP contribution in [0.4, 0.5) is 57.1 Å². The van der Waals surface area contributed by atoms with Crippen LogP contribution in [0.3, 0.4) is 0 Å². The first kappa shape index (κ1) is 30.2. The van der Waals surface area contributed by atoms with Crippen LogP contribution in [-0.4, -0.2) is 57.9 Å². The number of carbonyl (C=O) groups is 1. The van der Waals surface area contributed by atoms with E-state index in [1.54, 1.807) is 5.32 Å². The van der Waals surface area contributed by atoms with Crippen LogP contribution in [-0.2, 0) is 4.79 Å². The fourth-order valence-corrected chi connectivity index (χ4v) is 2.39. The highest BCUT2D eigenvalue weighted by molar-refractivity contribution is 7.80. The van der Waals surface area contributed by atoms with Gasteiger partial charge in [0.2, 0.25) is 0 Å². The number of carboxylic acids is 1. The number of rotatable bonds is 9. The molecule has 0 aromatic rings. The van der Waals surface area contributed by atoms with E-state index < -0.39 is 64.3 Å². The number of carboxylic acid groups (broad SMARTS) is 1. The fraction of sp³-hybridized carbons (Fsp3) is 0.733. The Morgan fingerprint density at radius 1 is 0.812 bits per heavy atom. The molecule has 0 aromatic heterocycles. The lowest BCUT2D eigenvalue weighted by Gasteiger charge is -2.41. The van der Waals surface area contributed by atoms with Crippen LogP contribution in [0.15, 0.2) is 11.6 Å². The monoisotopic (exact) mass is 519 g/mol. The number of hydrogen-bond donors (Lipinski definition) is 2. The van der Waals surface area contributed by atoms with Gasteiger partial charge < -0.3 is 10.4 Å². The smallest absolute Gasteiger partial charge is 0.460 e. The summed E-state index contributed by atoms with van der Waals surface area (Å²) in [6, 6.07) is -1.32. The van der Waals surface area contributed by atoms with Crippen LogP contribution < -0.4 is 5.32 Å². The lowest BCUT2D eigenvalue weighted by molar-refractivity contribution is -0.441. The molecular formula is C15H14F13NO2S. The molecule has 0 aromatic carbocycles. The van der Waals surface area contributed by atoms with E-state index in [0.717, 1.165) is 19.9 Å². The van der Waals surface area contributed by atoms with Crippen LogP contribution in [0, 0.1) is 5.92 Å². The van der Waals surface area contributed by atoms with Crippen LogP contribution in [0.2, 0.25) is 0 Å². The molecule has 188 valence electrons. The molecule has 0 saturated carbocycles. The zero-order valence-electron chi connectivity index (χ0n) is 15.9. The number of nitrogens with one attached hydrogen (secondary N) is 1. The summed E-state index contributed by atoms with van der Waals surface area (Å²) in [5, 5.41) is 10.5. The highest BCUT2D eigenvalue weighted by Gasteiger charge is 2.91. The summed E-state index contributed by atoms with van der Waals surface area (Å²) in [5.74, 6) is -42.4. The van der Waals surface area contributed by atoms with Crippen molar-refractivity contribution in [2.45, 2.75) is 62.6 Å². The van der Waals surface area contributed by atoms with E-state index in [2.05, 4.69) is 12.2 Å². The molecule has 32 heavy (non-hydrogen) atoms. The Hall–Kier alpha value is -1.81. The average molecular weight is 519 g/mol. The highest BCUT2D eigenvalue weighted by atomic mass is 32.1. The van der Waals surface area contributed by atoms with E-state index in [0.29, 0.717) is 0 Å². The van der Waals surface area contributed by atoms with Gasteiger partial charge in [-0.25, -0.2) is 4.79 Å². The van der Waals surface area contributed by atoms with Crippen molar-refractivity contribution in [1.82, 2.24) is 5.32 Å². The predicted molar refractivity (Wildman–Crippen MR) is 86.5 cm³/mol. The minimum Gasteiger partial charge on any atom is -0.478 e. The van der Waals surface area contributed by atoms with Crippen molar-refractivity contribution in [3.63, 3.8) is 0 Å². The van der Waals surface area contributed by atoms with E-state index >= 15 is 0 Å². The molecule has 0 amide bonds. The molecule has 0 radical (unpaired) electrons. The van der Waals surface area contributed by atoms with Gasteiger partial charge in [0.05, 0.1) is 10.9 Å². The van der Waals surface area contributed by atoms with Crippen LogP contribution >= 0.6 is 12.2 Å². The Morgan fingerprint density at radius 3 is 1.53 bits per heavy atom. The van der Waals surface area contributed by atoms with E-state index in [-0.39, 0.29) is 6.92 Å². The Labute approximate surface area is 176 Å².